The van der Waals surface area contributed by atoms with Gasteiger partial charge >= 0.3 is 0 Å². The topological polar surface area (TPSA) is 0 Å². The highest BCUT2D eigenvalue weighted by molar-refractivity contribution is 7.11. The zero-order valence-electron chi connectivity index (χ0n) is 6.44. The van der Waals surface area contributed by atoms with Crippen LogP contribution in [-0.4, -0.2) is 0 Å². The summed E-state index contributed by atoms with van der Waals surface area (Å²) in [5, 5.41) is 4.18. The number of hydrogen-bond donors (Lipinski definition) is 0. The van der Waals surface area contributed by atoms with Gasteiger partial charge in [0.2, 0.25) is 0 Å². The Balaban J connectivity index is 2.14. The van der Waals surface area contributed by atoms with Crippen molar-refractivity contribution < 1.29 is 0 Å². The van der Waals surface area contributed by atoms with Crippen molar-refractivity contribution in [1.29, 1.82) is 0 Å². The Morgan fingerprint density at radius 3 is 1.67 bits per heavy atom. The molecular formula is C10H8S2. The zero-order chi connectivity index (χ0) is 8.23. The first kappa shape index (κ1) is 7.77. The summed E-state index contributed by atoms with van der Waals surface area (Å²) in [5.74, 6) is 0. The van der Waals surface area contributed by atoms with Gasteiger partial charge in [-0.2, -0.15) is 0 Å². The molecule has 0 aromatic carbocycles. The molecule has 0 nitrogen and oxygen atoms in total. The van der Waals surface area contributed by atoms with Crippen LogP contribution in [0.1, 0.15) is 9.75 Å². The van der Waals surface area contributed by atoms with Crippen molar-refractivity contribution in [2.75, 3.05) is 0 Å². The molecule has 2 heteroatoms. The molecule has 0 aliphatic carbocycles. The average molecular weight is 192 g/mol. The number of rotatable bonds is 2. The van der Waals surface area contributed by atoms with Gasteiger partial charge in [-0.1, -0.05) is 12.1 Å². The van der Waals surface area contributed by atoms with Crippen molar-refractivity contribution in [1.82, 2.24) is 0 Å². The quantitative estimate of drug-likeness (QED) is 0.675. The van der Waals surface area contributed by atoms with Crippen LogP contribution in [0, 0.1) is 0 Å². The van der Waals surface area contributed by atoms with E-state index >= 15 is 0 Å². The maximum absolute atomic E-state index is 2.15. The normalized spacial score (nSPS) is 11.0. The summed E-state index contributed by atoms with van der Waals surface area (Å²) in [6.07, 6.45) is 4.30. The molecule has 0 amide bonds. The van der Waals surface area contributed by atoms with Crippen LogP contribution in [0.15, 0.2) is 35.0 Å². The first-order valence-electron chi connectivity index (χ1n) is 3.70. The fourth-order valence-electron chi connectivity index (χ4n) is 0.936. The summed E-state index contributed by atoms with van der Waals surface area (Å²) < 4.78 is 0. The molecule has 2 aromatic heterocycles. The second kappa shape index (κ2) is 3.70. The average Bonchev–Trinajstić information content (AvgIpc) is 2.74. The molecule has 0 saturated heterocycles. The zero-order valence-corrected chi connectivity index (χ0v) is 8.07. The van der Waals surface area contributed by atoms with E-state index in [-0.39, 0.29) is 0 Å². The summed E-state index contributed by atoms with van der Waals surface area (Å²) >= 11 is 3.53. The second-order valence-corrected chi connectivity index (χ2v) is 4.32. The SMILES string of the molecule is C(=C/c1cccs1)/c1cccs1. The van der Waals surface area contributed by atoms with E-state index in [1.165, 1.54) is 9.75 Å². The Labute approximate surface area is 79.8 Å². The lowest BCUT2D eigenvalue weighted by molar-refractivity contribution is 1.94. The van der Waals surface area contributed by atoms with E-state index in [2.05, 4.69) is 47.2 Å². The van der Waals surface area contributed by atoms with Crippen molar-refractivity contribution in [3.8, 4) is 0 Å². The maximum atomic E-state index is 2.15. The van der Waals surface area contributed by atoms with Crippen LogP contribution >= 0.6 is 22.7 Å². The Hall–Kier alpha value is -0.860. The number of hydrogen-bond acceptors (Lipinski definition) is 2. The van der Waals surface area contributed by atoms with Gasteiger partial charge in [0, 0.05) is 9.75 Å². The molecule has 0 fully saturated rings. The van der Waals surface area contributed by atoms with Crippen LogP contribution in [0.3, 0.4) is 0 Å². The molecule has 0 unspecified atom stereocenters. The fraction of sp³-hybridized carbons (Fsp3) is 0. The van der Waals surface area contributed by atoms with Gasteiger partial charge in [0.15, 0.2) is 0 Å². The van der Waals surface area contributed by atoms with Gasteiger partial charge < -0.3 is 0 Å². The predicted molar refractivity (Wildman–Crippen MR) is 57.6 cm³/mol. The van der Waals surface area contributed by atoms with Gasteiger partial charge in [0.05, 0.1) is 0 Å². The van der Waals surface area contributed by atoms with Crippen LogP contribution < -0.4 is 0 Å². The molecule has 0 N–H and O–H groups in total. The predicted octanol–water partition coefficient (Wildman–Crippen LogP) is 3.98. The molecule has 0 spiro atoms. The van der Waals surface area contributed by atoms with Gasteiger partial charge in [-0.15, -0.1) is 22.7 Å². The van der Waals surface area contributed by atoms with Gasteiger partial charge in [-0.3, -0.25) is 0 Å². The Morgan fingerprint density at radius 2 is 1.33 bits per heavy atom. The molecule has 2 aromatic rings. The van der Waals surface area contributed by atoms with Crippen molar-refractivity contribution in [2.24, 2.45) is 0 Å². The molecule has 12 heavy (non-hydrogen) atoms. The van der Waals surface area contributed by atoms with Gasteiger partial charge in [-0.25, -0.2) is 0 Å². The lowest BCUT2D eigenvalue weighted by atomic mass is 10.4. The standard InChI is InChI=1S/C10H8S2/c1-3-9(11-7-1)5-6-10-4-2-8-12-10/h1-8H/b6-5-. The largest absolute Gasteiger partial charge is 0.144 e. The Kier molecular flexibility index (Phi) is 2.39. The van der Waals surface area contributed by atoms with Crippen LogP contribution in [0.5, 0.6) is 0 Å². The Morgan fingerprint density at radius 1 is 0.833 bits per heavy atom. The molecule has 60 valence electrons. The molecule has 2 rings (SSSR count). The molecule has 0 aliphatic heterocycles. The van der Waals surface area contributed by atoms with E-state index in [9.17, 15) is 0 Å². The second-order valence-electron chi connectivity index (χ2n) is 2.36. The highest BCUT2D eigenvalue weighted by Gasteiger charge is 1.87. The summed E-state index contributed by atoms with van der Waals surface area (Å²) in [7, 11) is 0. The molecule has 0 saturated carbocycles. The van der Waals surface area contributed by atoms with E-state index in [0.717, 1.165) is 0 Å². The molecule has 0 aliphatic rings. The van der Waals surface area contributed by atoms with Crippen LogP contribution in [-0.2, 0) is 0 Å². The molecular weight excluding hydrogens is 184 g/mol. The third-order valence-electron chi connectivity index (χ3n) is 1.50. The summed E-state index contributed by atoms with van der Waals surface area (Å²) in [5.41, 5.74) is 0. The van der Waals surface area contributed by atoms with Crippen molar-refractivity contribution in [2.45, 2.75) is 0 Å². The lowest BCUT2D eigenvalue weighted by Gasteiger charge is -1.82. The summed E-state index contributed by atoms with van der Waals surface area (Å²) in [6, 6.07) is 8.38. The minimum atomic E-state index is 1.31. The first-order chi connectivity index (χ1) is 5.95. The highest BCUT2D eigenvalue weighted by atomic mass is 32.1. The number of thiophene rings is 2. The van der Waals surface area contributed by atoms with E-state index in [4.69, 9.17) is 0 Å². The molecule has 0 atom stereocenters. The minimum absolute atomic E-state index is 1.31. The van der Waals surface area contributed by atoms with E-state index in [1.54, 1.807) is 22.7 Å². The highest BCUT2D eigenvalue weighted by Crippen LogP contribution is 2.15. The van der Waals surface area contributed by atoms with Gasteiger partial charge in [-0.05, 0) is 35.0 Å². The third kappa shape index (κ3) is 1.84. The fourth-order valence-corrected chi connectivity index (χ4v) is 2.17. The summed E-state index contributed by atoms with van der Waals surface area (Å²) in [6.45, 7) is 0. The molecule has 0 radical (unpaired) electrons. The molecule has 0 bridgehead atoms. The maximum Gasteiger partial charge on any atom is 0.0270 e. The van der Waals surface area contributed by atoms with E-state index in [1.807, 2.05) is 0 Å². The first-order valence-corrected chi connectivity index (χ1v) is 5.46. The summed E-state index contributed by atoms with van der Waals surface area (Å²) in [4.78, 5) is 2.62. The Bertz CT molecular complexity index is 305. The molecule has 2 heterocycles. The van der Waals surface area contributed by atoms with Crippen molar-refractivity contribution >= 4 is 34.8 Å². The van der Waals surface area contributed by atoms with Gasteiger partial charge in [0.25, 0.3) is 0 Å². The van der Waals surface area contributed by atoms with Crippen molar-refractivity contribution in [3.63, 3.8) is 0 Å². The monoisotopic (exact) mass is 192 g/mol. The van der Waals surface area contributed by atoms with Crippen LogP contribution in [0.2, 0.25) is 0 Å². The van der Waals surface area contributed by atoms with Gasteiger partial charge in [0.1, 0.15) is 0 Å². The van der Waals surface area contributed by atoms with Crippen LogP contribution in [0.25, 0.3) is 12.2 Å². The third-order valence-corrected chi connectivity index (χ3v) is 3.17. The van der Waals surface area contributed by atoms with E-state index < -0.39 is 0 Å². The van der Waals surface area contributed by atoms with Crippen LogP contribution in [0.4, 0.5) is 0 Å². The lowest BCUT2D eigenvalue weighted by Crippen LogP contribution is -1.56. The minimum Gasteiger partial charge on any atom is -0.144 e. The van der Waals surface area contributed by atoms with E-state index in [0.29, 0.717) is 0 Å². The van der Waals surface area contributed by atoms with Crippen molar-refractivity contribution in [3.05, 3.63) is 44.8 Å². The smallest absolute Gasteiger partial charge is 0.0270 e.